The van der Waals surface area contributed by atoms with E-state index in [-0.39, 0.29) is 5.82 Å². The van der Waals surface area contributed by atoms with Crippen molar-refractivity contribution >= 4 is 5.69 Å². The molecule has 1 aliphatic carbocycles. The first-order valence-corrected chi connectivity index (χ1v) is 7.74. The monoisotopic (exact) mass is 288 g/mol. The molecule has 1 aromatic heterocycles. The zero-order valence-corrected chi connectivity index (χ0v) is 12.1. The summed E-state index contributed by atoms with van der Waals surface area (Å²) in [5, 5.41) is 7.44. The molecule has 2 aromatic rings. The molecule has 0 spiro atoms. The predicted octanol–water partition coefficient (Wildman–Crippen LogP) is 3.93. The van der Waals surface area contributed by atoms with E-state index in [0.717, 1.165) is 5.69 Å². The van der Waals surface area contributed by atoms with Gasteiger partial charge in [0.1, 0.15) is 18.3 Å². The van der Waals surface area contributed by atoms with Gasteiger partial charge in [0, 0.05) is 11.7 Å². The van der Waals surface area contributed by atoms with Gasteiger partial charge in [-0.2, -0.15) is 5.10 Å². The third kappa shape index (κ3) is 3.60. The minimum Gasteiger partial charge on any atom is -0.382 e. The van der Waals surface area contributed by atoms with E-state index in [1.54, 1.807) is 12.1 Å². The Kier molecular flexibility index (Phi) is 4.48. The van der Waals surface area contributed by atoms with Crippen LogP contribution in [0.3, 0.4) is 0 Å². The lowest BCUT2D eigenvalue weighted by Crippen LogP contribution is -2.20. The fourth-order valence-corrected chi connectivity index (χ4v) is 2.95. The lowest BCUT2D eigenvalue weighted by atomic mass is 9.96. The van der Waals surface area contributed by atoms with Gasteiger partial charge in [-0.25, -0.2) is 14.1 Å². The Morgan fingerprint density at radius 2 is 1.86 bits per heavy atom. The fraction of sp³-hybridized carbons (Fsp3) is 0.500. The van der Waals surface area contributed by atoms with Crippen molar-refractivity contribution in [2.45, 2.75) is 51.0 Å². The highest BCUT2D eigenvalue weighted by Gasteiger charge is 2.12. The van der Waals surface area contributed by atoms with E-state index < -0.39 is 0 Å². The SMILES string of the molecule is Fc1cc(NC2CCCCCCC2)ccc1-n1cncn1. The molecular weight excluding hydrogens is 267 g/mol. The third-order valence-electron chi connectivity index (χ3n) is 4.09. The van der Waals surface area contributed by atoms with Gasteiger partial charge < -0.3 is 5.32 Å². The van der Waals surface area contributed by atoms with E-state index in [1.807, 2.05) is 6.07 Å². The van der Waals surface area contributed by atoms with Crippen LogP contribution in [0, 0.1) is 5.82 Å². The Hall–Kier alpha value is -1.91. The Morgan fingerprint density at radius 1 is 1.10 bits per heavy atom. The van der Waals surface area contributed by atoms with Gasteiger partial charge in [-0.3, -0.25) is 0 Å². The van der Waals surface area contributed by atoms with Crippen LogP contribution < -0.4 is 5.32 Å². The number of hydrogen-bond acceptors (Lipinski definition) is 3. The van der Waals surface area contributed by atoms with Gasteiger partial charge >= 0.3 is 0 Å². The summed E-state index contributed by atoms with van der Waals surface area (Å²) in [6.07, 6.45) is 11.8. The first-order chi connectivity index (χ1) is 10.3. The molecule has 4 nitrogen and oxygen atoms in total. The highest BCUT2D eigenvalue weighted by Crippen LogP contribution is 2.23. The number of hydrogen-bond donors (Lipinski definition) is 1. The van der Waals surface area contributed by atoms with Crippen molar-refractivity contribution in [3.63, 3.8) is 0 Å². The summed E-state index contributed by atoms with van der Waals surface area (Å²) in [7, 11) is 0. The summed E-state index contributed by atoms with van der Waals surface area (Å²) in [5.74, 6) is -0.281. The van der Waals surface area contributed by atoms with E-state index in [2.05, 4.69) is 15.4 Å². The molecular formula is C16H21FN4. The molecule has 1 N–H and O–H groups in total. The van der Waals surface area contributed by atoms with E-state index >= 15 is 0 Å². The standard InChI is InChI=1S/C16H21FN4/c17-15-10-14(8-9-16(15)21-12-18-11-19-21)20-13-6-4-2-1-3-5-7-13/h8-13,20H,1-7H2. The molecule has 1 heterocycles. The zero-order valence-electron chi connectivity index (χ0n) is 12.1. The number of nitrogens with zero attached hydrogens (tertiary/aromatic N) is 3. The quantitative estimate of drug-likeness (QED) is 0.930. The molecule has 3 rings (SSSR count). The summed E-state index contributed by atoms with van der Waals surface area (Å²) >= 11 is 0. The Bertz CT molecular complexity index is 560. The van der Waals surface area contributed by atoms with E-state index in [4.69, 9.17) is 0 Å². The van der Waals surface area contributed by atoms with Gasteiger partial charge in [0.25, 0.3) is 0 Å². The molecule has 0 unspecified atom stereocenters. The summed E-state index contributed by atoms with van der Waals surface area (Å²) < 4.78 is 15.6. The number of anilines is 1. The minimum absolute atomic E-state index is 0.281. The number of benzene rings is 1. The van der Waals surface area contributed by atoms with Gasteiger partial charge in [0.2, 0.25) is 0 Å². The zero-order chi connectivity index (χ0) is 14.5. The highest BCUT2D eigenvalue weighted by molar-refractivity contribution is 5.50. The predicted molar refractivity (Wildman–Crippen MR) is 81.0 cm³/mol. The van der Waals surface area contributed by atoms with Gasteiger partial charge in [-0.1, -0.05) is 32.1 Å². The molecule has 1 saturated carbocycles. The number of halogens is 1. The number of rotatable bonds is 3. The van der Waals surface area contributed by atoms with Crippen molar-refractivity contribution in [1.82, 2.24) is 14.8 Å². The highest BCUT2D eigenvalue weighted by atomic mass is 19.1. The van der Waals surface area contributed by atoms with Gasteiger partial charge in [0.05, 0.1) is 0 Å². The van der Waals surface area contributed by atoms with Crippen LogP contribution in [0.2, 0.25) is 0 Å². The average Bonchev–Trinajstić information content (AvgIpc) is 2.96. The molecule has 0 bridgehead atoms. The molecule has 0 radical (unpaired) electrons. The van der Waals surface area contributed by atoms with Crippen LogP contribution in [-0.2, 0) is 0 Å². The molecule has 112 valence electrons. The molecule has 1 aromatic carbocycles. The van der Waals surface area contributed by atoms with Crippen LogP contribution in [0.1, 0.15) is 44.9 Å². The third-order valence-corrected chi connectivity index (χ3v) is 4.09. The molecule has 0 amide bonds. The van der Waals surface area contributed by atoms with Crippen LogP contribution >= 0.6 is 0 Å². The van der Waals surface area contributed by atoms with Crippen molar-refractivity contribution in [3.8, 4) is 5.69 Å². The number of nitrogens with one attached hydrogen (secondary N) is 1. The summed E-state index contributed by atoms with van der Waals surface area (Å²) in [4.78, 5) is 3.84. The largest absolute Gasteiger partial charge is 0.382 e. The van der Waals surface area contributed by atoms with E-state index in [9.17, 15) is 4.39 Å². The maximum atomic E-state index is 14.2. The molecule has 21 heavy (non-hydrogen) atoms. The molecule has 1 fully saturated rings. The lowest BCUT2D eigenvalue weighted by Gasteiger charge is -2.22. The van der Waals surface area contributed by atoms with Gasteiger partial charge in [-0.05, 0) is 31.0 Å². The first kappa shape index (κ1) is 14.0. The van der Waals surface area contributed by atoms with Crippen LogP contribution in [-0.4, -0.2) is 20.8 Å². The van der Waals surface area contributed by atoms with Crippen molar-refractivity contribution in [3.05, 3.63) is 36.7 Å². The average molecular weight is 288 g/mol. The summed E-state index contributed by atoms with van der Waals surface area (Å²) in [6.45, 7) is 0. The molecule has 0 atom stereocenters. The molecule has 0 aliphatic heterocycles. The van der Waals surface area contributed by atoms with Crippen molar-refractivity contribution in [2.24, 2.45) is 0 Å². The normalized spacial score (nSPS) is 17.2. The van der Waals surface area contributed by atoms with Crippen LogP contribution in [0.15, 0.2) is 30.9 Å². The van der Waals surface area contributed by atoms with Crippen molar-refractivity contribution < 1.29 is 4.39 Å². The topological polar surface area (TPSA) is 42.7 Å². The van der Waals surface area contributed by atoms with E-state index in [0.29, 0.717) is 11.7 Å². The maximum Gasteiger partial charge on any atom is 0.150 e. The maximum absolute atomic E-state index is 14.2. The Morgan fingerprint density at radius 3 is 2.52 bits per heavy atom. The minimum atomic E-state index is -0.281. The fourth-order valence-electron chi connectivity index (χ4n) is 2.95. The van der Waals surface area contributed by atoms with Crippen molar-refractivity contribution in [1.29, 1.82) is 0 Å². The second kappa shape index (κ2) is 6.70. The number of aromatic nitrogens is 3. The Balaban J connectivity index is 1.69. The van der Waals surface area contributed by atoms with Crippen LogP contribution in [0.5, 0.6) is 0 Å². The van der Waals surface area contributed by atoms with Crippen LogP contribution in [0.25, 0.3) is 5.69 Å². The van der Waals surface area contributed by atoms with Crippen molar-refractivity contribution in [2.75, 3.05) is 5.32 Å². The second-order valence-electron chi connectivity index (χ2n) is 5.69. The second-order valence-corrected chi connectivity index (χ2v) is 5.69. The summed E-state index contributed by atoms with van der Waals surface area (Å²) in [5.41, 5.74) is 1.28. The lowest BCUT2D eigenvalue weighted by molar-refractivity contribution is 0.471. The van der Waals surface area contributed by atoms with Crippen LogP contribution in [0.4, 0.5) is 10.1 Å². The summed E-state index contributed by atoms with van der Waals surface area (Å²) in [6, 6.07) is 5.67. The molecule has 1 aliphatic rings. The smallest absolute Gasteiger partial charge is 0.150 e. The van der Waals surface area contributed by atoms with E-state index in [1.165, 1.54) is 62.3 Å². The molecule has 0 saturated heterocycles. The molecule has 5 heteroatoms. The first-order valence-electron chi connectivity index (χ1n) is 7.74. The van der Waals surface area contributed by atoms with Gasteiger partial charge in [0.15, 0.2) is 5.82 Å². The van der Waals surface area contributed by atoms with Gasteiger partial charge in [-0.15, -0.1) is 0 Å². The Labute approximate surface area is 124 Å².